The standard InChI is InChI=1S/C13H15Cl2N3/c1-3-18-11(6-9(2)17-18)8-16-13-7-10(14)4-5-12(13)15/h4-7,16H,3,8H2,1-2H3. The van der Waals surface area contributed by atoms with Crippen LogP contribution in [0, 0.1) is 6.92 Å². The Morgan fingerprint density at radius 2 is 2.06 bits per heavy atom. The maximum absolute atomic E-state index is 6.10. The van der Waals surface area contributed by atoms with Crippen molar-refractivity contribution in [1.29, 1.82) is 0 Å². The van der Waals surface area contributed by atoms with Gasteiger partial charge in [0.15, 0.2) is 0 Å². The molecule has 1 aromatic heterocycles. The Hall–Kier alpha value is -1.19. The number of anilines is 1. The Kier molecular flexibility index (Phi) is 4.15. The summed E-state index contributed by atoms with van der Waals surface area (Å²) in [5.74, 6) is 0. The van der Waals surface area contributed by atoms with Gasteiger partial charge in [-0.1, -0.05) is 23.2 Å². The molecule has 0 fully saturated rings. The SMILES string of the molecule is CCn1nc(C)cc1CNc1cc(Cl)ccc1Cl. The molecule has 2 rings (SSSR count). The van der Waals surface area contributed by atoms with Crippen LogP contribution in [0.4, 0.5) is 5.69 Å². The lowest BCUT2D eigenvalue weighted by atomic mass is 10.3. The van der Waals surface area contributed by atoms with Crippen molar-refractivity contribution in [2.24, 2.45) is 0 Å². The highest BCUT2D eigenvalue weighted by atomic mass is 35.5. The van der Waals surface area contributed by atoms with Crippen LogP contribution in [0.2, 0.25) is 10.0 Å². The molecule has 18 heavy (non-hydrogen) atoms. The topological polar surface area (TPSA) is 29.9 Å². The van der Waals surface area contributed by atoms with E-state index >= 15 is 0 Å². The summed E-state index contributed by atoms with van der Waals surface area (Å²) in [5.41, 5.74) is 2.99. The fourth-order valence-electron chi connectivity index (χ4n) is 1.83. The number of hydrogen-bond donors (Lipinski definition) is 1. The minimum absolute atomic E-state index is 0.665. The minimum Gasteiger partial charge on any atom is -0.378 e. The van der Waals surface area contributed by atoms with Gasteiger partial charge in [-0.25, -0.2) is 0 Å². The third-order valence-corrected chi connectivity index (χ3v) is 3.24. The van der Waals surface area contributed by atoms with Crippen LogP contribution in [0.3, 0.4) is 0 Å². The lowest BCUT2D eigenvalue weighted by molar-refractivity contribution is 0.623. The van der Waals surface area contributed by atoms with E-state index in [-0.39, 0.29) is 0 Å². The van der Waals surface area contributed by atoms with Gasteiger partial charge in [-0.15, -0.1) is 0 Å². The van der Waals surface area contributed by atoms with Gasteiger partial charge >= 0.3 is 0 Å². The summed E-state index contributed by atoms with van der Waals surface area (Å²) >= 11 is 12.0. The summed E-state index contributed by atoms with van der Waals surface area (Å²) in [5, 5.41) is 9.01. The molecule has 0 aliphatic rings. The van der Waals surface area contributed by atoms with E-state index < -0.39 is 0 Å². The van der Waals surface area contributed by atoms with Gasteiger partial charge in [-0.2, -0.15) is 5.10 Å². The molecule has 2 aromatic rings. The molecule has 0 unspecified atom stereocenters. The quantitative estimate of drug-likeness (QED) is 0.914. The molecule has 1 heterocycles. The van der Waals surface area contributed by atoms with E-state index in [4.69, 9.17) is 23.2 Å². The van der Waals surface area contributed by atoms with Crippen LogP contribution >= 0.6 is 23.2 Å². The summed E-state index contributed by atoms with van der Waals surface area (Å²) in [7, 11) is 0. The zero-order valence-electron chi connectivity index (χ0n) is 10.4. The van der Waals surface area contributed by atoms with E-state index in [0.717, 1.165) is 23.6 Å². The smallest absolute Gasteiger partial charge is 0.0638 e. The second kappa shape index (κ2) is 5.63. The zero-order valence-corrected chi connectivity index (χ0v) is 11.9. The van der Waals surface area contributed by atoms with Crippen molar-refractivity contribution in [3.8, 4) is 0 Å². The molecule has 0 saturated heterocycles. The van der Waals surface area contributed by atoms with Gasteiger partial charge in [0, 0.05) is 11.6 Å². The van der Waals surface area contributed by atoms with Crippen molar-refractivity contribution in [3.63, 3.8) is 0 Å². The Bertz CT molecular complexity index is 549. The summed E-state index contributed by atoms with van der Waals surface area (Å²) in [6.07, 6.45) is 0. The summed E-state index contributed by atoms with van der Waals surface area (Å²) < 4.78 is 1.97. The van der Waals surface area contributed by atoms with Gasteiger partial charge in [-0.05, 0) is 38.1 Å². The van der Waals surface area contributed by atoms with Gasteiger partial charge in [0.1, 0.15) is 0 Å². The number of rotatable bonds is 4. The molecule has 0 aliphatic heterocycles. The molecule has 0 spiro atoms. The first-order valence-corrected chi connectivity index (χ1v) is 6.58. The second-order valence-electron chi connectivity index (χ2n) is 4.07. The number of halogens is 2. The number of nitrogens with one attached hydrogen (secondary N) is 1. The van der Waals surface area contributed by atoms with Gasteiger partial charge in [0.25, 0.3) is 0 Å². The van der Waals surface area contributed by atoms with E-state index in [1.54, 1.807) is 12.1 Å². The minimum atomic E-state index is 0.665. The van der Waals surface area contributed by atoms with Crippen LogP contribution in [0.1, 0.15) is 18.3 Å². The van der Waals surface area contributed by atoms with E-state index in [1.165, 1.54) is 0 Å². The van der Waals surface area contributed by atoms with E-state index in [1.807, 2.05) is 17.7 Å². The highest BCUT2D eigenvalue weighted by molar-refractivity contribution is 6.35. The molecule has 5 heteroatoms. The van der Waals surface area contributed by atoms with Gasteiger partial charge in [0.05, 0.1) is 28.6 Å². The monoisotopic (exact) mass is 283 g/mol. The maximum Gasteiger partial charge on any atom is 0.0638 e. The van der Waals surface area contributed by atoms with Crippen molar-refractivity contribution in [2.75, 3.05) is 5.32 Å². The highest BCUT2D eigenvalue weighted by Gasteiger charge is 2.05. The molecule has 0 bridgehead atoms. The van der Waals surface area contributed by atoms with Crippen molar-refractivity contribution in [2.45, 2.75) is 26.9 Å². The molecular formula is C13H15Cl2N3. The average molecular weight is 284 g/mol. The molecule has 0 atom stereocenters. The van der Waals surface area contributed by atoms with Crippen LogP contribution in [-0.2, 0) is 13.1 Å². The van der Waals surface area contributed by atoms with Crippen LogP contribution in [0.15, 0.2) is 24.3 Å². The van der Waals surface area contributed by atoms with E-state index in [2.05, 4.69) is 23.4 Å². The first kappa shape index (κ1) is 13.2. The summed E-state index contributed by atoms with van der Waals surface area (Å²) in [6, 6.07) is 7.45. The second-order valence-corrected chi connectivity index (χ2v) is 4.91. The molecule has 0 aliphatic carbocycles. The third-order valence-electron chi connectivity index (χ3n) is 2.67. The Morgan fingerprint density at radius 1 is 1.28 bits per heavy atom. The molecule has 96 valence electrons. The van der Waals surface area contributed by atoms with Gasteiger partial charge in [-0.3, -0.25) is 4.68 Å². The number of hydrogen-bond acceptors (Lipinski definition) is 2. The first-order valence-electron chi connectivity index (χ1n) is 5.82. The maximum atomic E-state index is 6.10. The van der Waals surface area contributed by atoms with Crippen molar-refractivity contribution in [1.82, 2.24) is 9.78 Å². The fourth-order valence-corrected chi connectivity index (χ4v) is 2.19. The predicted octanol–water partition coefficient (Wildman–Crippen LogP) is 4.13. The zero-order chi connectivity index (χ0) is 13.1. The first-order chi connectivity index (χ1) is 8.60. The molecular weight excluding hydrogens is 269 g/mol. The lowest BCUT2D eigenvalue weighted by Gasteiger charge is -2.09. The number of benzene rings is 1. The summed E-state index contributed by atoms with van der Waals surface area (Å²) in [4.78, 5) is 0. The molecule has 0 amide bonds. The number of aromatic nitrogens is 2. The number of nitrogens with zero attached hydrogens (tertiary/aromatic N) is 2. The van der Waals surface area contributed by atoms with Crippen molar-refractivity contribution >= 4 is 28.9 Å². The molecule has 3 nitrogen and oxygen atoms in total. The largest absolute Gasteiger partial charge is 0.378 e. The average Bonchev–Trinajstić information content (AvgIpc) is 2.71. The Labute approximate surface area is 117 Å². The molecule has 0 saturated carbocycles. The van der Waals surface area contributed by atoms with Crippen LogP contribution in [0.25, 0.3) is 0 Å². The Balaban J connectivity index is 2.13. The third kappa shape index (κ3) is 2.98. The van der Waals surface area contributed by atoms with Crippen molar-refractivity contribution in [3.05, 3.63) is 45.7 Å². The van der Waals surface area contributed by atoms with E-state index in [9.17, 15) is 0 Å². The molecule has 0 radical (unpaired) electrons. The molecule has 1 aromatic carbocycles. The van der Waals surface area contributed by atoms with E-state index in [0.29, 0.717) is 16.6 Å². The van der Waals surface area contributed by atoms with Crippen LogP contribution in [0.5, 0.6) is 0 Å². The lowest BCUT2D eigenvalue weighted by Crippen LogP contribution is -2.08. The van der Waals surface area contributed by atoms with Crippen LogP contribution in [-0.4, -0.2) is 9.78 Å². The summed E-state index contributed by atoms with van der Waals surface area (Å²) in [6.45, 7) is 5.59. The predicted molar refractivity (Wildman–Crippen MR) is 76.4 cm³/mol. The number of aryl methyl sites for hydroxylation is 2. The van der Waals surface area contributed by atoms with Gasteiger partial charge < -0.3 is 5.32 Å². The Morgan fingerprint density at radius 3 is 2.78 bits per heavy atom. The van der Waals surface area contributed by atoms with Crippen LogP contribution < -0.4 is 5.32 Å². The normalized spacial score (nSPS) is 10.7. The highest BCUT2D eigenvalue weighted by Crippen LogP contribution is 2.25. The molecule has 1 N–H and O–H groups in total. The fraction of sp³-hybridized carbons (Fsp3) is 0.308. The van der Waals surface area contributed by atoms with Crippen molar-refractivity contribution < 1.29 is 0 Å². The van der Waals surface area contributed by atoms with Gasteiger partial charge in [0.2, 0.25) is 0 Å².